The lowest BCUT2D eigenvalue weighted by Gasteiger charge is -2.12. The molecule has 1 aromatic heterocycles. The monoisotopic (exact) mass is 324 g/mol. The minimum absolute atomic E-state index is 0.155. The molecule has 0 bridgehead atoms. The van der Waals surface area contributed by atoms with Gasteiger partial charge in [0.15, 0.2) is 5.15 Å². The quantitative estimate of drug-likeness (QED) is 0.851. The lowest BCUT2D eigenvalue weighted by Crippen LogP contribution is -2.15. The van der Waals surface area contributed by atoms with Crippen LogP contribution in [0.25, 0.3) is 0 Å². The van der Waals surface area contributed by atoms with Crippen molar-refractivity contribution in [3.05, 3.63) is 51.8 Å². The highest BCUT2D eigenvalue weighted by atomic mass is 35.5. The van der Waals surface area contributed by atoms with Gasteiger partial charge >= 0.3 is 0 Å². The van der Waals surface area contributed by atoms with Crippen molar-refractivity contribution < 1.29 is 9.53 Å². The van der Waals surface area contributed by atoms with Crippen LogP contribution in [0.3, 0.4) is 0 Å². The Kier molecular flexibility index (Phi) is 5.04. The van der Waals surface area contributed by atoms with E-state index in [1.165, 1.54) is 0 Å². The summed E-state index contributed by atoms with van der Waals surface area (Å²) in [5, 5.41) is 3.19. The summed E-state index contributed by atoms with van der Waals surface area (Å²) in [6.45, 7) is 4.13. The molecule has 0 aliphatic carbocycles. The highest BCUT2D eigenvalue weighted by molar-refractivity contribution is 6.35. The third kappa shape index (κ3) is 3.65. The zero-order chi connectivity index (χ0) is 15.4. The summed E-state index contributed by atoms with van der Waals surface area (Å²) in [7, 11) is 0. The first-order valence-corrected chi connectivity index (χ1v) is 7.14. The van der Waals surface area contributed by atoms with Gasteiger partial charge in [-0.25, -0.2) is 4.98 Å². The number of amides is 1. The average Bonchev–Trinajstić information content (AvgIpc) is 2.43. The number of rotatable bonds is 4. The molecule has 1 N–H and O–H groups in total. The Morgan fingerprint density at radius 1 is 1.33 bits per heavy atom. The largest absolute Gasteiger partial charge is 0.493 e. The standard InChI is InChI=1S/C15H14Cl2N2O2/c1-3-21-11-7-5-4-6-10(11)15(20)19-13-9(2)8-12(16)18-14(13)17/h4-8H,3H2,1-2H3,(H,19,20). The summed E-state index contributed by atoms with van der Waals surface area (Å²) < 4.78 is 5.44. The number of nitrogens with one attached hydrogen (secondary N) is 1. The first-order valence-electron chi connectivity index (χ1n) is 6.38. The molecule has 0 spiro atoms. The zero-order valence-corrected chi connectivity index (χ0v) is 13.1. The summed E-state index contributed by atoms with van der Waals surface area (Å²) >= 11 is 11.8. The maximum atomic E-state index is 12.4. The molecular weight excluding hydrogens is 311 g/mol. The van der Waals surface area contributed by atoms with Crippen molar-refractivity contribution in [1.29, 1.82) is 0 Å². The molecule has 0 unspecified atom stereocenters. The highest BCUT2D eigenvalue weighted by Crippen LogP contribution is 2.28. The minimum Gasteiger partial charge on any atom is -0.493 e. The predicted molar refractivity (Wildman–Crippen MR) is 84.6 cm³/mol. The van der Waals surface area contributed by atoms with E-state index in [0.717, 1.165) is 5.56 Å². The van der Waals surface area contributed by atoms with E-state index in [9.17, 15) is 4.79 Å². The van der Waals surface area contributed by atoms with Gasteiger partial charge < -0.3 is 10.1 Å². The number of aromatic nitrogens is 1. The number of pyridine rings is 1. The van der Waals surface area contributed by atoms with Crippen LogP contribution in [-0.2, 0) is 0 Å². The van der Waals surface area contributed by atoms with Crippen LogP contribution in [0.15, 0.2) is 30.3 Å². The number of benzene rings is 1. The van der Waals surface area contributed by atoms with Crippen LogP contribution >= 0.6 is 23.2 Å². The number of hydrogen-bond acceptors (Lipinski definition) is 3. The molecule has 4 nitrogen and oxygen atoms in total. The van der Waals surface area contributed by atoms with Crippen LogP contribution in [0.4, 0.5) is 5.69 Å². The van der Waals surface area contributed by atoms with Crippen LogP contribution in [-0.4, -0.2) is 17.5 Å². The fourth-order valence-corrected chi connectivity index (χ4v) is 2.44. The molecule has 2 rings (SSSR count). The number of halogens is 2. The molecule has 1 heterocycles. The molecule has 1 amide bonds. The maximum Gasteiger partial charge on any atom is 0.259 e. The smallest absolute Gasteiger partial charge is 0.259 e. The van der Waals surface area contributed by atoms with E-state index in [0.29, 0.717) is 23.6 Å². The number of anilines is 1. The molecule has 0 saturated carbocycles. The Morgan fingerprint density at radius 2 is 2.05 bits per heavy atom. The van der Waals surface area contributed by atoms with Crippen LogP contribution in [0.5, 0.6) is 5.75 Å². The summed E-state index contributed by atoms with van der Waals surface area (Å²) in [5.41, 5.74) is 1.62. The molecule has 0 fully saturated rings. The van der Waals surface area contributed by atoms with E-state index in [1.54, 1.807) is 31.2 Å². The molecule has 0 aliphatic rings. The molecule has 6 heteroatoms. The number of hydrogen-bond donors (Lipinski definition) is 1. The summed E-state index contributed by atoms with van der Waals surface area (Å²) in [6.07, 6.45) is 0. The van der Waals surface area contributed by atoms with Crippen molar-refractivity contribution >= 4 is 34.8 Å². The number of carbonyl (C=O) groups excluding carboxylic acids is 1. The Labute approximate surface area is 133 Å². The van der Waals surface area contributed by atoms with Crippen LogP contribution in [0.1, 0.15) is 22.8 Å². The lowest BCUT2D eigenvalue weighted by atomic mass is 10.1. The normalized spacial score (nSPS) is 10.3. The van der Waals surface area contributed by atoms with Gasteiger partial charge in [-0.2, -0.15) is 0 Å². The Morgan fingerprint density at radius 3 is 2.71 bits per heavy atom. The van der Waals surface area contributed by atoms with Crippen molar-refractivity contribution in [2.75, 3.05) is 11.9 Å². The Hall–Kier alpha value is -1.78. The topological polar surface area (TPSA) is 51.2 Å². The molecule has 2 aromatic rings. The molecule has 1 aromatic carbocycles. The van der Waals surface area contributed by atoms with E-state index in [2.05, 4.69) is 10.3 Å². The highest BCUT2D eigenvalue weighted by Gasteiger charge is 2.16. The predicted octanol–water partition coefficient (Wildman–Crippen LogP) is 4.35. The minimum atomic E-state index is -0.312. The number of carbonyl (C=O) groups is 1. The first kappa shape index (κ1) is 15.6. The van der Waals surface area contributed by atoms with Crippen molar-refractivity contribution in [3.63, 3.8) is 0 Å². The third-order valence-corrected chi connectivity index (χ3v) is 3.28. The molecular formula is C15H14Cl2N2O2. The lowest BCUT2D eigenvalue weighted by molar-refractivity contribution is 0.102. The second-order valence-electron chi connectivity index (χ2n) is 4.31. The van der Waals surface area contributed by atoms with Gasteiger partial charge in [0, 0.05) is 0 Å². The zero-order valence-electron chi connectivity index (χ0n) is 11.6. The molecule has 21 heavy (non-hydrogen) atoms. The number of ether oxygens (including phenoxy) is 1. The van der Waals surface area contributed by atoms with Crippen LogP contribution in [0.2, 0.25) is 10.3 Å². The molecule has 0 aliphatic heterocycles. The molecule has 0 atom stereocenters. The molecule has 110 valence electrons. The average molecular weight is 325 g/mol. The van der Waals surface area contributed by atoms with Crippen molar-refractivity contribution in [1.82, 2.24) is 4.98 Å². The van der Waals surface area contributed by atoms with Gasteiger partial charge in [0.25, 0.3) is 5.91 Å². The number of nitrogens with zero attached hydrogens (tertiary/aromatic N) is 1. The Bertz CT molecular complexity index is 651. The van der Waals surface area contributed by atoms with Gasteiger partial charge in [-0.05, 0) is 37.6 Å². The number of aryl methyl sites for hydroxylation is 1. The summed E-state index contributed by atoms with van der Waals surface area (Å²) in [5.74, 6) is 0.210. The van der Waals surface area contributed by atoms with E-state index >= 15 is 0 Å². The van der Waals surface area contributed by atoms with Gasteiger partial charge in [0.2, 0.25) is 0 Å². The fourth-order valence-electron chi connectivity index (χ4n) is 1.86. The van der Waals surface area contributed by atoms with Gasteiger partial charge in [0.05, 0.1) is 17.9 Å². The molecule has 0 saturated heterocycles. The van der Waals surface area contributed by atoms with E-state index in [4.69, 9.17) is 27.9 Å². The Balaban J connectivity index is 2.31. The summed E-state index contributed by atoms with van der Waals surface area (Å²) in [6, 6.07) is 8.65. The van der Waals surface area contributed by atoms with Crippen molar-refractivity contribution in [2.24, 2.45) is 0 Å². The number of para-hydroxylation sites is 1. The SMILES string of the molecule is CCOc1ccccc1C(=O)Nc1c(C)cc(Cl)nc1Cl. The van der Waals surface area contributed by atoms with Crippen LogP contribution in [0, 0.1) is 6.92 Å². The van der Waals surface area contributed by atoms with Gasteiger partial charge in [0.1, 0.15) is 10.9 Å². The fraction of sp³-hybridized carbons (Fsp3) is 0.200. The van der Waals surface area contributed by atoms with Crippen LogP contribution < -0.4 is 10.1 Å². The van der Waals surface area contributed by atoms with E-state index in [1.807, 2.05) is 13.0 Å². The second-order valence-corrected chi connectivity index (χ2v) is 5.06. The molecule has 0 radical (unpaired) electrons. The van der Waals surface area contributed by atoms with E-state index < -0.39 is 0 Å². The van der Waals surface area contributed by atoms with Gasteiger partial charge in [-0.1, -0.05) is 35.3 Å². The second kappa shape index (κ2) is 6.78. The van der Waals surface area contributed by atoms with Gasteiger partial charge in [-0.15, -0.1) is 0 Å². The van der Waals surface area contributed by atoms with Gasteiger partial charge in [-0.3, -0.25) is 4.79 Å². The van der Waals surface area contributed by atoms with Crippen molar-refractivity contribution in [2.45, 2.75) is 13.8 Å². The third-order valence-electron chi connectivity index (χ3n) is 2.81. The summed E-state index contributed by atoms with van der Waals surface area (Å²) in [4.78, 5) is 16.3. The van der Waals surface area contributed by atoms with E-state index in [-0.39, 0.29) is 16.2 Å². The van der Waals surface area contributed by atoms with Crippen molar-refractivity contribution in [3.8, 4) is 5.75 Å². The first-order chi connectivity index (χ1) is 10.0. The maximum absolute atomic E-state index is 12.4.